The molecule has 0 bridgehead atoms. The summed E-state index contributed by atoms with van der Waals surface area (Å²) in [4.78, 5) is 9.62. The normalized spacial score (nSPS) is 7.95. The first-order valence-corrected chi connectivity index (χ1v) is 5.50. The summed E-state index contributed by atoms with van der Waals surface area (Å²) >= 11 is 14.4. The number of alkyl halides is 3. The number of aliphatic carboxylic acids is 1. The summed E-state index contributed by atoms with van der Waals surface area (Å²) in [5, 5.41) is 31.9. The predicted octanol–water partition coefficient (Wildman–Crippen LogP) is 1.45. The molecule has 111 valence electrons. The van der Waals surface area contributed by atoms with E-state index in [9.17, 15) is 4.79 Å². The van der Waals surface area contributed by atoms with Crippen molar-refractivity contribution in [1.29, 1.82) is 0 Å². The molecule has 0 heterocycles. The molecule has 0 aromatic heterocycles. The Bertz CT molecular complexity index is 157. The SMILES string of the molecule is O=C(O)C(Cl)(Cl)Cl.OCC(O)CO.[CH2-]C.[CH2-]C.[Y].[Zn+2]. The van der Waals surface area contributed by atoms with Crippen LogP contribution in [0, 0.1) is 13.8 Å². The molecule has 0 aromatic rings. The third kappa shape index (κ3) is 45.0. The van der Waals surface area contributed by atoms with Crippen LogP contribution in [-0.4, -0.2) is 49.5 Å². The number of rotatable bonds is 2. The number of carbonyl (C=O) groups is 1. The van der Waals surface area contributed by atoms with Crippen molar-refractivity contribution < 1.29 is 77.4 Å². The van der Waals surface area contributed by atoms with Gasteiger partial charge in [0.15, 0.2) is 0 Å². The Kier molecular flexibility index (Phi) is 55.3. The summed E-state index contributed by atoms with van der Waals surface area (Å²) in [5.74, 6) is -1.46. The van der Waals surface area contributed by atoms with Crippen LogP contribution in [0.2, 0.25) is 0 Å². The minimum atomic E-state index is -2.17. The molecular weight excluding hydrogens is 449 g/mol. The largest absolute Gasteiger partial charge is 2.00 e. The van der Waals surface area contributed by atoms with Gasteiger partial charge in [0.2, 0.25) is 0 Å². The molecule has 0 fully saturated rings. The Morgan fingerprint density at radius 1 is 1.11 bits per heavy atom. The average molecular weight is 468 g/mol. The Labute approximate surface area is 167 Å². The third-order valence-electron chi connectivity index (χ3n) is 0.664. The molecule has 0 aromatic carbocycles. The topological polar surface area (TPSA) is 98.0 Å². The van der Waals surface area contributed by atoms with Crippen molar-refractivity contribution in [1.82, 2.24) is 0 Å². The van der Waals surface area contributed by atoms with Crippen LogP contribution in [0.3, 0.4) is 0 Å². The molecule has 5 nitrogen and oxygen atoms in total. The van der Waals surface area contributed by atoms with E-state index in [2.05, 4.69) is 13.8 Å². The van der Waals surface area contributed by atoms with E-state index in [1.807, 2.05) is 0 Å². The van der Waals surface area contributed by atoms with E-state index in [-0.39, 0.29) is 65.4 Å². The summed E-state index contributed by atoms with van der Waals surface area (Å²) in [6.45, 7) is 9.27. The second-order valence-electron chi connectivity index (χ2n) is 1.82. The van der Waals surface area contributed by atoms with Crippen LogP contribution in [-0.2, 0) is 57.0 Å². The van der Waals surface area contributed by atoms with Gasteiger partial charge in [-0.2, -0.15) is 13.8 Å². The van der Waals surface area contributed by atoms with Crippen LogP contribution < -0.4 is 0 Å². The van der Waals surface area contributed by atoms with Crippen molar-refractivity contribution in [3.63, 3.8) is 0 Å². The molecule has 0 unspecified atom stereocenters. The van der Waals surface area contributed by atoms with Crippen molar-refractivity contribution >= 4 is 40.8 Å². The van der Waals surface area contributed by atoms with E-state index in [0.717, 1.165) is 0 Å². The van der Waals surface area contributed by atoms with Gasteiger partial charge in [-0.25, -0.2) is 4.79 Å². The molecule has 0 aliphatic carbocycles. The molecule has 0 saturated heterocycles. The van der Waals surface area contributed by atoms with Gasteiger partial charge >= 0.3 is 25.4 Å². The van der Waals surface area contributed by atoms with E-state index < -0.39 is 15.9 Å². The number of carboxylic acid groups (broad SMARTS) is 1. The maximum atomic E-state index is 9.62. The standard InChI is InChI=1S/C3H8O3.C2HCl3O2.2C2H5.Y.Zn/c4-1-3(6)2-5;3-2(4,5)1(6)7;2*1-2;;/h3-6H,1-2H2;(H,6,7);2*1H2,2H3;;/q;;2*-1;;+2. The van der Waals surface area contributed by atoms with Crippen LogP contribution in [0.25, 0.3) is 0 Å². The fourth-order valence-corrected chi connectivity index (χ4v) is 0.0577. The van der Waals surface area contributed by atoms with E-state index in [1.165, 1.54) is 0 Å². The quantitative estimate of drug-likeness (QED) is 0.280. The minimum absolute atomic E-state index is 0. The Balaban J connectivity index is -0.0000000326. The van der Waals surface area contributed by atoms with Crippen molar-refractivity contribution in [2.45, 2.75) is 23.7 Å². The molecule has 0 saturated carbocycles. The summed E-state index contributed by atoms with van der Waals surface area (Å²) in [5.41, 5.74) is 0. The fourth-order valence-electron chi connectivity index (χ4n) is 0.0577. The monoisotopic (exact) mass is 465 g/mol. The van der Waals surface area contributed by atoms with E-state index >= 15 is 0 Å². The van der Waals surface area contributed by atoms with Gasteiger partial charge in [0.1, 0.15) is 6.10 Å². The number of hydrogen-bond acceptors (Lipinski definition) is 4. The second kappa shape index (κ2) is 28.2. The summed E-state index contributed by atoms with van der Waals surface area (Å²) in [7, 11) is 0. The van der Waals surface area contributed by atoms with Gasteiger partial charge in [-0.15, -0.1) is 0 Å². The molecule has 4 N–H and O–H groups in total. The number of aliphatic hydroxyl groups is 3. The van der Waals surface area contributed by atoms with Crippen LogP contribution in [0.1, 0.15) is 13.8 Å². The first kappa shape index (κ1) is 37.3. The molecule has 0 aliphatic heterocycles. The Hall–Kier alpha value is 1.95. The van der Waals surface area contributed by atoms with Gasteiger partial charge in [0, 0.05) is 32.7 Å². The van der Waals surface area contributed by atoms with Gasteiger partial charge in [-0.05, 0) is 0 Å². The Morgan fingerprint density at radius 3 is 1.26 bits per heavy atom. The molecule has 0 spiro atoms. The number of hydrogen-bond donors (Lipinski definition) is 4. The van der Waals surface area contributed by atoms with E-state index in [0.29, 0.717) is 0 Å². The van der Waals surface area contributed by atoms with Crippen molar-refractivity contribution in [2.75, 3.05) is 13.2 Å². The average Bonchev–Trinajstić information content (AvgIpc) is 2.32. The van der Waals surface area contributed by atoms with Crippen LogP contribution in [0.5, 0.6) is 0 Å². The van der Waals surface area contributed by atoms with Crippen LogP contribution >= 0.6 is 34.8 Å². The van der Waals surface area contributed by atoms with Crippen molar-refractivity contribution in [2.24, 2.45) is 0 Å². The minimum Gasteiger partial charge on any atom is -0.478 e. The zero-order valence-corrected chi connectivity index (χ0v) is 19.1. The second-order valence-corrected chi connectivity index (χ2v) is 4.10. The zero-order chi connectivity index (χ0) is 15.1. The first-order valence-electron chi connectivity index (χ1n) is 4.37. The summed E-state index contributed by atoms with van der Waals surface area (Å²) < 4.78 is -2.17. The maximum absolute atomic E-state index is 9.62. The van der Waals surface area contributed by atoms with Crippen molar-refractivity contribution in [3.05, 3.63) is 13.8 Å². The summed E-state index contributed by atoms with van der Waals surface area (Å²) in [6.07, 6.45) is -0.954. The summed E-state index contributed by atoms with van der Waals surface area (Å²) in [6, 6.07) is 0. The molecule has 0 atom stereocenters. The zero-order valence-electron chi connectivity index (χ0n) is 11.0. The van der Waals surface area contributed by atoms with Gasteiger partial charge < -0.3 is 34.3 Å². The van der Waals surface area contributed by atoms with Crippen LogP contribution in [0.15, 0.2) is 0 Å². The molecule has 1 radical (unpaired) electrons. The molecule has 19 heavy (non-hydrogen) atoms. The number of halogens is 3. The number of aliphatic hydroxyl groups excluding tert-OH is 3. The molecule has 0 amide bonds. The Morgan fingerprint density at radius 2 is 1.26 bits per heavy atom. The van der Waals surface area contributed by atoms with E-state index in [1.54, 1.807) is 13.8 Å². The van der Waals surface area contributed by atoms with E-state index in [4.69, 9.17) is 55.2 Å². The molecular formula is C9H19Cl3O5YZn. The van der Waals surface area contributed by atoms with Gasteiger partial charge in [0.25, 0.3) is 3.79 Å². The fraction of sp³-hybridized carbons (Fsp3) is 0.667. The third-order valence-corrected chi connectivity index (χ3v) is 1.15. The maximum Gasteiger partial charge on any atom is 2.00 e. The molecule has 0 aliphatic rings. The van der Waals surface area contributed by atoms with Crippen molar-refractivity contribution in [3.8, 4) is 0 Å². The van der Waals surface area contributed by atoms with Gasteiger partial charge in [-0.3, -0.25) is 0 Å². The first-order chi connectivity index (χ1) is 7.75. The predicted molar refractivity (Wildman–Crippen MR) is 70.2 cm³/mol. The number of carboxylic acids is 1. The molecule has 10 heteroatoms. The van der Waals surface area contributed by atoms with Gasteiger partial charge in [-0.1, -0.05) is 34.8 Å². The van der Waals surface area contributed by atoms with Gasteiger partial charge in [0.05, 0.1) is 13.2 Å². The smallest absolute Gasteiger partial charge is 0.478 e. The molecule has 0 rings (SSSR count). The van der Waals surface area contributed by atoms with Crippen LogP contribution in [0.4, 0.5) is 0 Å².